The Morgan fingerprint density at radius 2 is 1.80 bits per heavy atom. The van der Waals surface area contributed by atoms with Gasteiger partial charge in [-0.2, -0.15) is 0 Å². The molecule has 0 radical (unpaired) electrons. The zero-order valence-electron chi connectivity index (χ0n) is 26.9. The molecule has 0 N–H and O–H groups in total. The lowest BCUT2D eigenvalue weighted by molar-refractivity contribution is -0.136. The zero-order valence-corrected chi connectivity index (χ0v) is 27.6. The van der Waals surface area contributed by atoms with Gasteiger partial charge in [0.1, 0.15) is 34.8 Å². The number of alkyl halides is 1. The first-order valence-electron chi connectivity index (χ1n) is 15.0. The van der Waals surface area contributed by atoms with E-state index in [1.54, 1.807) is 62.6 Å². The van der Waals surface area contributed by atoms with Crippen LogP contribution < -0.4 is 9.64 Å². The monoisotopic (exact) mass is 639 g/mol. The lowest BCUT2D eigenvalue weighted by atomic mass is 10.00. The van der Waals surface area contributed by atoms with E-state index in [4.69, 9.17) is 21.1 Å². The molecule has 45 heavy (non-hydrogen) atoms. The number of carbonyl (C=O) groups is 3. The molecule has 2 aromatic carbocycles. The van der Waals surface area contributed by atoms with E-state index in [0.717, 1.165) is 0 Å². The van der Waals surface area contributed by atoms with Gasteiger partial charge in [-0.1, -0.05) is 43.9 Å². The summed E-state index contributed by atoms with van der Waals surface area (Å²) >= 11 is 6.11. The van der Waals surface area contributed by atoms with Crippen LogP contribution in [0.25, 0.3) is 0 Å². The van der Waals surface area contributed by atoms with Gasteiger partial charge in [0, 0.05) is 25.3 Å². The molecule has 0 unspecified atom stereocenters. The predicted octanol–water partition coefficient (Wildman–Crippen LogP) is 7.57. The van der Waals surface area contributed by atoms with Crippen molar-refractivity contribution in [1.82, 2.24) is 9.80 Å². The van der Waals surface area contributed by atoms with Crippen LogP contribution in [-0.4, -0.2) is 70.9 Å². The number of ether oxygens (including phenoxy) is 2. The van der Waals surface area contributed by atoms with E-state index in [0.29, 0.717) is 29.2 Å². The van der Waals surface area contributed by atoms with Crippen molar-refractivity contribution in [2.45, 2.75) is 65.6 Å². The van der Waals surface area contributed by atoms with E-state index < -0.39 is 41.3 Å². The fraction of sp³-hybridized carbons (Fsp3) is 0.400. The van der Waals surface area contributed by atoms with Gasteiger partial charge in [0.15, 0.2) is 0 Å². The highest BCUT2D eigenvalue weighted by Crippen LogP contribution is 2.32. The third-order valence-electron chi connectivity index (χ3n) is 7.26. The highest BCUT2D eigenvalue weighted by molar-refractivity contribution is 6.30. The highest BCUT2D eigenvalue weighted by atomic mass is 35.5. The van der Waals surface area contributed by atoms with Crippen molar-refractivity contribution in [3.8, 4) is 11.5 Å². The fourth-order valence-corrected chi connectivity index (χ4v) is 5.14. The maximum atomic E-state index is 14.4. The molecular formula is C35H43ClFN3O5. The minimum absolute atomic E-state index is 0.196. The van der Waals surface area contributed by atoms with Crippen molar-refractivity contribution >= 4 is 35.2 Å². The minimum atomic E-state index is -1.23. The Hall–Kier alpha value is -4.11. The van der Waals surface area contributed by atoms with E-state index in [-0.39, 0.29) is 31.2 Å². The number of para-hydroxylation sites is 1. The first-order valence-corrected chi connectivity index (χ1v) is 15.5. The number of benzene rings is 2. The Morgan fingerprint density at radius 3 is 2.38 bits per heavy atom. The summed E-state index contributed by atoms with van der Waals surface area (Å²) in [6.45, 7) is 15.4. The number of allylic oxidation sites excluding steroid dienone is 3. The summed E-state index contributed by atoms with van der Waals surface area (Å²) in [4.78, 5) is 45.4. The average molecular weight is 640 g/mol. The Kier molecular flexibility index (Phi) is 12.4. The van der Waals surface area contributed by atoms with Gasteiger partial charge in [-0.25, -0.2) is 9.18 Å². The molecule has 1 heterocycles. The van der Waals surface area contributed by atoms with Crippen LogP contribution in [0.4, 0.5) is 14.9 Å². The summed E-state index contributed by atoms with van der Waals surface area (Å²) in [5.74, 6) is -0.692. The standard InChI is InChI=1S/C35H43ClFN3O5/c1-8-26(37)16-15-24(3)32(33(42)38-19-20-39(27(9-2)23-38)34(43)45-35(5,6)7)40(31(41)22-36)30-18-17-29(21-25(30)4)44-28-13-11-10-12-14-28/h8,10-18,21,27,32H,3,9,19-20,22-23H2,1-2,4-7H3/b16-15-,26-8+/t27-,32+/m0/s1. The number of rotatable bonds is 10. The third kappa shape index (κ3) is 9.44. The van der Waals surface area contributed by atoms with Crippen LogP contribution in [0, 0.1) is 6.92 Å². The summed E-state index contributed by atoms with van der Waals surface area (Å²) in [5.41, 5.74) is 0.612. The van der Waals surface area contributed by atoms with Gasteiger partial charge < -0.3 is 19.3 Å². The molecule has 1 aliphatic rings. The maximum Gasteiger partial charge on any atom is 0.410 e. The Morgan fingerprint density at radius 1 is 1.11 bits per heavy atom. The SMILES string of the molecule is C=C(/C=C\C(F)=C/C)[C@H](C(=O)N1CCN(C(=O)OC(C)(C)C)[C@@H](CC)C1)N(C(=O)CCl)c1ccc(Oc2ccccc2)cc1C. The van der Waals surface area contributed by atoms with Crippen LogP contribution in [0.5, 0.6) is 11.5 Å². The summed E-state index contributed by atoms with van der Waals surface area (Å²) in [7, 11) is 0. The molecule has 1 fully saturated rings. The second-order valence-corrected chi connectivity index (χ2v) is 12.0. The Bertz CT molecular complexity index is 1440. The van der Waals surface area contributed by atoms with E-state index in [1.165, 1.54) is 23.1 Å². The summed E-state index contributed by atoms with van der Waals surface area (Å²) < 4.78 is 25.7. The topological polar surface area (TPSA) is 79.4 Å². The van der Waals surface area contributed by atoms with Crippen LogP contribution >= 0.6 is 11.6 Å². The van der Waals surface area contributed by atoms with E-state index >= 15 is 0 Å². The molecule has 3 rings (SSSR count). The summed E-state index contributed by atoms with van der Waals surface area (Å²) in [6.07, 6.45) is 4.00. The molecule has 0 aliphatic carbocycles. The van der Waals surface area contributed by atoms with Crippen LogP contribution in [0.3, 0.4) is 0 Å². The van der Waals surface area contributed by atoms with E-state index in [2.05, 4.69) is 6.58 Å². The second-order valence-electron chi connectivity index (χ2n) is 11.8. The van der Waals surface area contributed by atoms with Crippen molar-refractivity contribution < 1.29 is 28.2 Å². The smallest absolute Gasteiger partial charge is 0.410 e. The van der Waals surface area contributed by atoms with Gasteiger partial charge in [-0.3, -0.25) is 14.5 Å². The molecular weight excluding hydrogens is 597 g/mol. The maximum absolute atomic E-state index is 14.4. The molecule has 1 saturated heterocycles. The molecule has 0 aromatic heterocycles. The first-order chi connectivity index (χ1) is 21.3. The molecule has 0 saturated carbocycles. The van der Waals surface area contributed by atoms with Crippen LogP contribution in [0.2, 0.25) is 0 Å². The Balaban J connectivity index is 2.01. The number of amides is 3. The Labute approximate surface area is 270 Å². The number of halogens is 2. The largest absolute Gasteiger partial charge is 0.457 e. The highest BCUT2D eigenvalue weighted by Gasteiger charge is 2.40. The van der Waals surface area contributed by atoms with Crippen molar-refractivity contribution in [3.05, 3.63) is 90.3 Å². The molecule has 10 heteroatoms. The van der Waals surface area contributed by atoms with Gasteiger partial charge in [-0.05, 0) is 88.6 Å². The lowest BCUT2D eigenvalue weighted by Crippen LogP contribution is -2.61. The van der Waals surface area contributed by atoms with E-state index in [9.17, 15) is 18.8 Å². The quantitative estimate of drug-likeness (QED) is 0.198. The number of carbonyl (C=O) groups excluding carboxylic acids is 3. The summed E-state index contributed by atoms with van der Waals surface area (Å²) in [6, 6.07) is 12.9. The van der Waals surface area contributed by atoms with Gasteiger partial charge in [-0.15, -0.1) is 11.6 Å². The molecule has 242 valence electrons. The second kappa shape index (κ2) is 15.8. The number of aryl methyl sites for hydroxylation is 1. The summed E-state index contributed by atoms with van der Waals surface area (Å²) in [5, 5.41) is 0. The van der Waals surface area contributed by atoms with E-state index in [1.807, 2.05) is 37.3 Å². The van der Waals surface area contributed by atoms with Gasteiger partial charge >= 0.3 is 6.09 Å². The normalized spacial score (nSPS) is 16.4. The van der Waals surface area contributed by atoms with Crippen molar-refractivity contribution in [3.63, 3.8) is 0 Å². The number of hydrogen-bond donors (Lipinski definition) is 0. The number of hydrogen-bond acceptors (Lipinski definition) is 5. The molecule has 0 spiro atoms. The molecule has 8 nitrogen and oxygen atoms in total. The number of anilines is 1. The van der Waals surface area contributed by atoms with Crippen LogP contribution in [0.15, 0.2) is 84.7 Å². The van der Waals surface area contributed by atoms with Crippen LogP contribution in [-0.2, 0) is 14.3 Å². The van der Waals surface area contributed by atoms with Crippen molar-refractivity contribution in [2.75, 3.05) is 30.4 Å². The van der Waals surface area contributed by atoms with Crippen molar-refractivity contribution in [1.29, 1.82) is 0 Å². The van der Waals surface area contributed by atoms with Gasteiger partial charge in [0.25, 0.3) is 5.91 Å². The molecule has 2 atom stereocenters. The van der Waals surface area contributed by atoms with Crippen molar-refractivity contribution in [2.24, 2.45) is 0 Å². The average Bonchev–Trinajstić information content (AvgIpc) is 3.01. The molecule has 0 bridgehead atoms. The van der Waals surface area contributed by atoms with Gasteiger partial charge in [0.2, 0.25) is 5.91 Å². The predicted molar refractivity (Wildman–Crippen MR) is 176 cm³/mol. The van der Waals surface area contributed by atoms with Gasteiger partial charge in [0.05, 0.1) is 6.04 Å². The fourth-order valence-electron chi connectivity index (χ4n) is 5.02. The number of piperazine rings is 1. The molecule has 1 aliphatic heterocycles. The van der Waals surface area contributed by atoms with Crippen LogP contribution in [0.1, 0.15) is 46.6 Å². The molecule has 3 amide bonds. The zero-order chi connectivity index (χ0) is 33.3. The first kappa shape index (κ1) is 35.4. The molecule has 2 aromatic rings. The minimum Gasteiger partial charge on any atom is -0.457 e. The number of nitrogens with zero attached hydrogens (tertiary/aromatic N) is 3. The lowest BCUT2D eigenvalue weighted by Gasteiger charge is -2.43. The third-order valence-corrected chi connectivity index (χ3v) is 7.49.